The molecule has 2 rings (SSSR count). The summed E-state index contributed by atoms with van der Waals surface area (Å²) in [5, 5.41) is 2.86. The van der Waals surface area contributed by atoms with Gasteiger partial charge in [-0.3, -0.25) is 4.79 Å². The number of carbonyl (C=O) groups excluding carboxylic acids is 1. The van der Waals surface area contributed by atoms with Gasteiger partial charge < -0.3 is 5.32 Å². The van der Waals surface area contributed by atoms with Crippen LogP contribution in [-0.2, 0) is 0 Å². The Bertz CT molecular complexity index is 343. The van der Waals surface area contributed by atoms with Crippen molar-refractivity contribution in [2.75, 3.05) is 6.54 Å². The first-order valence-corrected chi connectivity index (χ1v) is 5.29. The Kier molecular flexibility index (Phi) is 2.99. The van der Waals surface area contributed by atoms with E-state index in [1.165, 1.54) is 43.5 Å². The van der Waals surface area contributed by atoms with E-state index in [2.05, 4.69) is 5.32 Å². The molecule has 0 spiro atoms. The predicted molar refractivity (Wildman–Crippen MR) is 56.1 cm³/mol. The first kappa shape index (κ1) is 10.1. The van der Waals surface area contributed by atoms with Gasteiger partial charge in [0.15, 0.2) is 0 Å². The lowest BCUT2D eigenvalue weighted by Gasteiger charge is -2.25. The van der Waals surface area contributed by atoms with E-state index in [-0.39, 0.29) is 11.7 Å². The molecule has 1 aliphatic rings. The number of rotatable bonds is 3. The van der Waals surface area contributed by atoms with Crippen LogP contribution in [0.15, 0.2) is 24.3 Å². The molecule has 0 saturated heterocycles. The van der Waals surface area contributed by atoms with Crippen LogP contribution in [0.5, 0.6) is 0 Å². The summed E-state index contributed by atoms with van der Waals surface area (Å²) >= 11 is 0. The maximum absolute atomic E-state index is 12.6. The molecule has 2 nitrogen and oxygen atoms in total. The highest BCUT2D eigenvalue weighted by molar-refractivity contribution is 5.94. The molecule has 0 bridgehead atoms. The van der Waals surface area contributed by atoms with Gasteiger partial charge in [-0.05, 0) is 43.0 Å². The van der Waals surface area contributed by atoms with Crippen molar-refractivity contribution in [3.8, 4) is 0 Å². The van der Waals surface area contributed by atoms with E-state index in [0.29, 0.717) is 11.5 Å². The fourth-order valence-electron chi connectivity index (χ4n) is 1.64. The Morgan fingerprint density at radius 2 is 2.00 bits per heavy atom. The van der Waals surface area contributed by atoms with E-state index >= 15 is 0 Å². The summed E-state index contributed by atoms with van der Waals surface area (Å²) in [7, 11) is 0. The molecule has 0 heterocycles. The van der Waals surface area contributed by atoms with Gasteiger partial charge in [-0.1, -0.05) is 6.42 Å². The van der Waals surface area contributed by atoms with E-state index in [9.17, 15) is 9.18 Å². The Morgan fingerprint density at radius 3 is 2.53 bits per heavy atom. The van der Waals surface area contributed by atoms with Crippen molar-refractivity contribution in [3.05, 3.63) is 35.6 Å². The van der Waals surface area contributed by atoms with Crippen molar-refractivity contribution in [2.24, 2.45) is 5.92 Å². The van der Waals surface area contributed by atoms with Gasteiger partial charge in [0.1, 0.15) is 5.82 Å². The molecule has 1 fully saturated rings. The first-order valence-electron chi connectivity index (χ1n) is 5.29. The summed E-state index contributed by atoms with van der Waals surface area (Å²) in [5.41, 5.74) is 0.524. The van der Waals surface area contributed by atoms with Crippen LogP contribution < -0.4 is 5.32 Å². The predicted octanol–water partition coefficient (Wildman–Crippen LogP) is 2.36. The van der Waals surface area contributed by atoms with Crippen LogP contribution in [0.4, 0.5) is 4.39 Å². The molecule has 15 heavy (non-hydrogen) atoms. The van der Waals surface area contributed by atoms with Gasteiger partial charge >= 0.3 is 0 Å². The van der Waals surface area contributed by atoms with Gasteiger partial charge in [-0.15, -0.1) is 0 Å². The van der Waals surface area contributed by atoms with Gasteiger partial charge in [0.05, 0.1) is 0 Å². The number of halogens is 1. The van der Waals surface area contributed by atoms with E-state index in [1.807, 2.05) is 0 Å². The Labute approximate surface area is 88.5 Å². The van der Waals surface area contributed by atoms with Gasteiger partial charge in [-0.25, -0.2) is 4.39 Å². The van der Waals surface area contributed by atoms with E-state index in [4.69, 9.17) is 0 Å². The molecule has 1 aromatic rings. The van der Waals surface area contributed by atoms with Crippen molar-refractivity contribution >= 4 is 5.91 Å². The van der Waals surface area contributed by atoms with Crippen LogP contribution in [-0.4, -0.2) is 12.5 Å². The zero-order valence-corrected chi connectivity index (χ0v) is 8.50. The first-order chi connectivity index (χ1) is 7.25. The van der Waals surface area contributed by atoms with Crippen LogP contribution in [0, 0.1) is 11.7 Å². The number of hydrogen-bond donors (Lipinski definition) is 1. The highest BCUT2D eigenvalue weighted by Gasteiger charge is 2.18. The Hall–Kier alpha value is -1.38. The summed E-state index contributed by atoms with van der Waals surface area (Å²) in [4.78, 5) is 11.6. The molecular formula is C12H14FNO. The monoisotopic (exact) mass is 207 g/mol. The van der Waals surface area contributed by atoms with Crippen molar-refractivity contribution in [1.29, 1.82) is 0 Å². The standard InChI is InChI=1S/C12H14FNO/c13-11-6-4-10(5-7-11)12(15)14-8-9-2-1-3-9/h4-7,9H,1-3,8H2,(H,14,15). The van der Waals surface area contributed by atoms with Gasteiger partial charge in [-0.2, -0.15) is 0 Å². The van der Waals surface area contributed by atoms with Gasteiger partial charge in [0.2, 0.25) is 0 Å². The minimum absolute atomic E-state index is 0.109. The lowest BCUT2D eigenvalue weighted by Crippen LogP contribution is -2.32. The van der Waals surface area contributed by atoms with Crippen LogP contribution >= 0.6 is 0 Å². The smallest absolute Gasteiger partial charge is 0.251 e. The number of benzene rings is 1. The van der Waals surface area contributed by atoms with Crippen LogP contribution in [0.25, 0.3) is 0 Å². The zero-order chi connectivity index (χ0) is 10.7. The van der Waals surface area contributed by atoms with Crippen LogP contribution in [0.2, 0.25) is 0 Å². The number of carbonyl (C=O) groups is 1. The third-order valence-electron chi connectivity index (χ3n) is 2.88. The van der Waals surface area contributed by atoms with Gasteiger partial charge in [0, 0.05) is 12.1 Å². The maximum atomic E-state index is 12.6. The minimum atomic E-state index is -0.314. The summed E-state index contributed by atoms with van der Waals surface area (Å²) < 4.78 is 12.6. The molecule has 80 valence electrons. The molecule has 1 amide bonds. The molecule has 1 aliphatic carbocycles. The second-order valence-corrected chi connectivity index (χ2v) is 4.01. The molecule has 0 unspecified atom stereocenters. The topological polar surface area (TPSA) is 29.1 Å². The second kappa shape index (κ2) is 4.43. The summed E-state index contributed by atoms with van der Waals surface area (Å²) in [5.74, 6) is 0.224. The summed E-state index contributed by atoms with van der Waals surface area (Å²) in [6.45, 7) is 0.746. The maximum Gasteiger partial charge on any atom is 0.251 e. The van der Waals surface area contributed by atoms with Crippen LogP contribution in [0.1, 0.15) is 29.6 Å². The molecule has 0 aliphatic heterocycles. The number of amides is 1. The summed E-state index contributed by atoms with van der Waals surface area (Å²) in [6.07, 6.45) is 3.70. The lowest BCUT2D eigenvalue weighted by molar-refractivity contribution is 0.0939. The van der Waals surface area contributed by atoms with E-state index < -0.39 is 0 Å². The minimum Gasteiger partial charge on any atom is -0.352 e. The van der Waals surface area contributed by atoms with Crippen molar-refractivity contribution < 1.29 is 9.18 Å². The highest BCUT2D eigenvalue weighted by Crippen LogP contribution is 2.25. The molecule has 1 N–H and O–H groups in total. The highest BCUT2D eigenvalue weighted by atomic mass is 19.1. The number of hydrogen-bond acceptors (Lipinski definition) is 1. The molecule has 0 aromatic heterocycles. The van der Waals surface area contributed by atoms with Crippen molar-refractivity contribution in [3.63, 3.8) is 0 Å². The Morgan fingerprint density at radius 1 is 1.33 bits per heavy atom. The van der Waals surface area contributed by atoms with Crippen LogP contribution in [0.3, 0.4) is 0 Å². The largest absolute Gasteiger partial charge is 0.352 e. The average molecular weight is 207 g/mol. The molecule has 0 atom stereocenters. The SMILES string of the molecule is O=C(NCC1CCC1)c1ccc(F)cc1. The van der Waals surface area contributed by atoms with E-state index in [1.54, 1.807) is 0 Å². The molecule has 1 aromatic carbocycles. The molecular weight excluding hydrogens is 193 g/mol. The third-order valence-corrected chi connectivity index (χ3v) is 2.88. The molecule has 1 saturated carbocycles. The second-order valence-electron chi connectivity index (χ2n) is 4.01. The molecule has 3 heteroatoms. The van der Waals surface area contributed by atoms with Gasteiger partial charge in [0.25, 0.3) is 5.91 Å². The quantitative estimate of drug-likeness (QED) is 0.810. The Balaban J connectivity index is 1.86. The van der Waals surface area contributed by atoms with E-state index in [0.717, 1.165) is 6.54 Å². The van der Waals surface area contributed by atoms with Crippen molar-refractivity contribution in [1.82, 2.24) is 5.32 Å². The summed E-state index contributed by atoms with van der Waals surface area (Å²) in [6, 6.07) is 5.62. The average Bonchev–Trinajstić information content (AvgIpc) is 2.16. The normalized spacial score (nSPS) is 15.8. The third kappa shape index (κ3) is 2.55. The zero-order valence-electron chi connectivity index (χ0n) is 8.50. The molecule has 0 radical (unpaired) electrons. The fourth-order valence-corrected chi connectivity index (χ4v) is 1.64. The number of nitrogens with one attached hydrogen (secondary N) is 1. The van der Waals surface area contributed by atoms with Crippen molar-refractivity contribution in [2.45, 2.75) is 19.3 Å². The lowest BCUT2D eigenvalue weighted by atomic mass is 9.85. The fraction of sp³-hybridized carbons (Fsp3) is 0.417.